The lowest BCUT2D eigenvalue weighted by atomic mass is 9.82. The van der Waals surface area contributed by atoms with Crippen LogP contribution in [0.25, 0.3) is 0 Å². The molecule has 0 fully saturated rings. The van der Waals surface area contributed by atoms with Crippen molar-refractivity contribution in [2.24, 2.45) is 5.41 Å². The van der Waals surface area contributed by atoms with Crippen molar-refractivity contribution in [3.8, 4) is 0 Å². The third-order valence-electron chi connectivity index (χ3n) is 2.16. The fourth-order valence-corrected chi connectivity index (χ4v) is 2.00. The predicted octanol–water partition coefficient (Wildman–Crippen LogP) is 2.17. The molecular weight excluding hydrogens is 238 g/mol. The maximum atomic E-state index is 10.4. The molecule has 0 bridgehead atoms. The molecule has 4 nitrogen and oxygen atoms in total. The van der Waals surface area contributed by atoms with Gasteiger partial charge in [-0.25, -0.2) is 0 Å². The van der Waals surface area contributed by atoms with Gasteiger partial charge in [-0.15, -0.1) is 0 Å². The van der Waals surface area contributed by atoms with Crippen molar-refractivity contribution in [1.82, 2.24) is 0 Å². The molecule has 0 aromatic rings. The highest BCUT2D eigenvalue weighted by molar-refractivity contribution is 9.09. The summed E-state index contributed by atoms with van der Waals surface area (Å²) in [5.41, 5.74) is -0.421. The van der Waals surface area contributed by atoms with Crippen LogP contribution in [0.2, 0.25) is 0 Å². The van der Waals surface area contributed by atoms with Crippen LogP contribution >= 0.6 is 15.9 Å². The normalized spacial score (nSPS) is 16.7. The van der Waals surface area contributed by atoms with E-state index in [1.807, 2.05) is 20.8 Å². The molecule has 0 radical (unpaired) electrons. The molecule has 1 N–H and O–H groups in total. The zero-order chi connectivity index (χ0) is 10.6. The summed E-state index contributed by atoms with van der Waals surface area (Å²) in [6.45, 7) is 5.65. The largest absolute Gasteiger partial charge is 0.384 e. The standard InChI is InChI=1S/C8H16BrNO3/c1-4-5-8(2,3)6(11)7(9)10(12)13/h6-7,11H,4-5H2,1-3H3. The van der Waals surface area contributed by atoms with Crippen LogP contribution in [-0.4, -0.2) is 21.1 Å². The molecule has 2 unspecified atom stereocenters. The molecule has 5 heteroatoms. The molecule has 0 heterocycles. The van der Waals surface area contributed by atoms with Crippen molar-refractivity contribution in [3.05, 3.63) is 10.1 Å². The Morgan fingerprint density at radius 3 is 2.38 bits per heavy atom. The fraction of sp³-hybridized carbons (Fsp3) is 1.00. The predicted molar refractivity (Wildman–Crippen MR) is 54.4 cm³/mol. The molecule has 78 valence electrons. The summed E-state index contributed by atoms with van der Waals surface area (Å²) >= 11 is 2.86. The second kappa shape index (κ2) is 4.91. The molecule has 0 aliphatic heterocycles. The third-order valence-corrected chi connectivity index (χ3v) is 2.99. The zero-order valence-corrected chi connectivity index (χ0v) is 9.74. The lowest BCUT2D eigenvalue weighted by Gasteiger charge is -2.29. The third kappa shape index (κ3) is 3.60. The first-order valence-corrected chi connectivity index (χ1v) is 5.20. The van der Waals surface area contributed by atoms with Crippen LogP contribution in [0.15, 0.2) is 0 Å². The van der Waals surface area contributed by atoms with Crippen molar-refractivity contribution in [2.75, 3.05) is 0 Å². The topological polar surface area (TPSA) is 63.4 Å². The first-order valence-electron chi connectivity index (χ1n) is 4.28. The van der Waals surface area contributed by atoms with E-state index in [1.54, 1.807) is 0 Å². The molecule has 0 aromatic heterocycles. The van der Waals surface area contributed by atoms with Gasteiger partial charge in [-0.05, 0) is 27.8 Å². The Hall–Kier alpha value is -0.160. The van der Waals surface area contributed by atoms with E-state index >= 15 is 0 Å². The number of aliphatic hydroxyl groups is 1. The Bertz CT molecular complexity index is 184. The van der Waals surface area contributed by atoms with E-state index in [0.717, 1.165) is 12.8 Å². The van der Waals surface area contributed by atoms with Gasteiger partial charge in [0.05, 0.1) is 0 Å². The number of alkyl halides is 1. The smallest absolute Gasteiger partial charge is 0.291 e. The average Bonchev–Trinajstić information content (AvgIpc) is 2.01. The summed E-state index contributed by atoms with van der Waals surface area (Å²) in [6, 6.07) is 0. The van der Waals surface area contributed by atoms with E-state index in [4.69, 9.17) is 0 Å². The van der Waals surface area contributed by atoms with Crippen molar-refractivity contribution >= 4 is 15.9 Å². The number of hydrogen-bond donors (Lipinski definition) is 1. The molecule has 13 heavy (non-hydrogen) atoms. The molecule has 0 rings (SSSR count). The summed E-state index contributed by atoms with van der Waals surface area (Å²) in [6.07, 6.45) is 0.716. The molecule has 0 aliphatic carbocycles. The van der Waals surface area contributed by atoms with Gasteiger partial charge in [0.25, 0.3) is 4.95 Å². The molecular formula is C8H16BrNO3. The summed E-state index contributed by atoms with van der Waals surface area (Å²) in [7, 11) is 0. The van der Waals surface area contributed by atoms with Crippen LogP contribution in [0.3, 0.4) is 0 Å². The van der Waals surface area contributed by atoms with Gasteiger partial charge in [0, 0.05) is 4.92 Å². The second-order valence-corrected chi connectivity index (χ2v) is 4.78. The Labute approximate surface area is 86.6 Å². The second-order valence-electron chi connectivity index (χ2n) is 3.84. The Balaban J connectivity index is 4.38. The van der Waals surface area contributed by atoms with Crippen LogP contribution in [0.4, 0.5) is 0 Å². The molecule has 2 atom stereocenters. The van der Waals surface area contributed by atoms with Crippen molar-refractivity contribution in [1.29, 1.82) is 0 Å². The highest BCUT2D eigenvalue weighted by Gasteiger charge is 2.38. The average molecular weight is 254 g/mol. The summed E-state index contributed by atoms with van der Waals surface area (Å²) in [4.78, 5) is 8.80. The number of rotatable bonds is 5. The van der Waals surface area contributed by atoms with E-state index in [-0.39, 0.29) is 0 Å². The van der Waals surface area contributed by atoms with Crippen molar-refractivity contribution < 1.29 is 10.0 Å². The van der Waals surface area contributed by atoms with Gasteiger partial charge in [0.1, 0.15) is 6.10 Å². The van der Waals surface area contributed by atoms with E-state index in [9.17, 15) is 15.2 Å². The fourth-order valence-electron chi connectivity index (χ4n) is 1.28. The van der Waals surface area contributed by atoms with Gasteiger partial charge in [-0.3, -0.25) is 10.1 Å². The molecule has 0 aromatic carbocycles. The number of nitro groups is 1. The maximum absolute atomic E-state index is 10.4. The van der Waals surface area contributed by atoms with E-state index in [0.29, 0.717) is 0 Å². The Kier molecular flexibility index (Phi) is 4.85. The van der Waals surface area contributed by atoms with Crippen molar-refractivity contribution in [3.63, 3.8) is 0 Å². The minimum atomic E-state index is -1.07. The monoisotopic (exact) mass is 253 g/mol. The number of halogens is 1. The number of nitrogens with zero attached hydrogens (tertiary/aromatic N) is 1. The summed E-state index contributed by atoms with van der Waals surface area (Å²) in [5.74, 6) is 0. The van der Waals surface area contributed by atoms with Gasteiger partial charge < -0.3 is 5.11 Å². The van der Waals surface area contributed by atoms with Crippen LogP contribution in [0.1, 0.15) is 33.6 Å². The highest BCUT2D eigenvalue weighted by atomic mass is 79.9. The minimum absolute atomic E-state index is 0.421. The van der Waals surface area contributed by atoms with E-state index in [1.165, 1.54) is 0 Å². The molecule has 0 aliphatic rings. The maximum Gasteiger partial charge on any atom is 0.291 e. The van der Waals surface area contributed by atoms with Gasteiger partial charge in [-0.2, -0.15) is 0 Å². The first kappa shape index (κ1) is 12.8. The SMILES string of the molecule is CCCC(C)(C)C(O)C(Br)[N+](=O)[O-]. The molecule has 0 saturated heterocycles. The lowest BCUT2D eigenvalue weighted by Crippen LogP contribution is -2.40. The van der Waals surface area contributed by atoms with Gasteiger partial charge in [0.2, 0.25) is 0 Å². The van der Waals surface area contributed by atoms with Crippen LogP contribution in [0.5, 0.6) is 0 Å². The van der Waals surface area contributed by atoms with E-state index in [2.05, 4.69) is 15.9 Å². The van der Waals surface area contributed by atoms with E-state index < -0.39 is 21.4 Å². The van der Waals surface area contributed by atoms with Crippen LogP contribution in [0, 0.1) is 15.5 Å². The summed E-state index contributed by atoms with van der Waals surface area (Å²) < 4.78 is 0. The minimum Gasteiger partial charge on any atom is -0.384 e. The summed E-state index contributed by atoms with van der Waals surface area (Å²) in [5, 5.41) is 20.0. The van der Waals surface area contributed by atoms with Gasteiger partial charge in [-0.1, -0.05) is 27.2 Å². The Morgan fingerprint density at radius 1 is 1.62 bits per heavy atom. The van der Waals surface area contributed by atoms with Gasteiger partial charge in [0.15, 0.2) is 0 Å². The first-order chi connectivity index (χ1) is 5.83. The quantitative estimate of drug-likeness (QED) is 0.354. The van der Waals surface area contributed by atoms with Crippen LogP contribution < -0.4 is 0 Å². The molecule has 0 amide bonds. The van der Waals surface area contributed by atoms with Gasteiger partial charge >= 0.3 is 0 Å². The van der Waals surface area contributed by atoms with Crippen LogP contribution in [-0.2, 0) is 0 Å². The number of hydrogen-bond acceptors (Lipinski definition) is 3. The molecule has 0 spiro atoms. The number of aliphatic hydroxyl groups excluding tert-OH is 1. The van der Waals surface area contributed by atoms with Crippen molar-refractivity contribution in [2.45, 2.75) is 44.7 Å². The Morgan fingerprint density at radius 2 is 2.08 bits per heavy atom. The highest BCUT2D eigenvalue weighted by Crippen LogP contribution is 2.31. The lowest BCUT2D eigenvalue weighted by molar-refractivity contribution is -0.507. The zero-order valence-electron chi connectivity index (χ0n) is 8.16. The molecule has 0 saturated carbocycles.